The summed E-state index contributed by atoms with van der Waals surface area (Å²) in [5.41, 5.74) is 8.84. The number of nitriles is 1. The van der Waals surface area contributed by atoms with Crippen molar-refractivity contribution in [2.45, 2.75) is 0 Å². The lowest BCUT2D eigenvalue weighted by molar-refractivity contribution is 0.628. The first-order chi connectivity index (χ1) is 10.2. The van der Waals surface area contributed by atoms with E-state index in [0.29, 0.717) is 16.1 Å². The van der Waals surface area contributed by atoms with Crippen molar-refractivity contribution >= 4 is 17.0 Å². The second-order valence-corrected chi connectivity index (χ2v) is 5.43. The highest BCUT2D eigenvalue weighted by Gasteiger charge is 2.18. The summed E-state index contributed by atoms with van der Waals surface area (Å²) in [6.07, 6.45) is 3.32. The summed E-state index contributed by atoms with van der Waals surface area (Å²) < 4.78 is 13.5. The second kappa shape index (κ2) is 5.35. The fourth-order valence-electron chi connectivity index (χ4n) is 2.17. The molecule has 2 N–H and O–H groups in total. The Morgan fingerprint density at radius 1 is 1.14 bits per heavy atom. The lowest BCUT2D eigenvalue weighted by Gasteiger charge is -2.05. The number of nitrogens with two attached hydrogens (primary N) is 1. The molecule has 0 aliphatic carbocycles. The van der Waals surface area contributed by atoms with Crippen molar-refractivity contribution in [3.63, 3.8) is 0 Å². The molecular weight excluding hydrogens is 285 g/mol. The number of halogens is 1. The normalized spacial score (nSPS) is 10.3. The maximum absolute atomic E-state index is 13.5. The van der Waals surface area contributed by atoms with Crippen LogP contribution in [0.2, 0.25) is 0 Å². The standard InChI is InChI=1S/C16H10FN3S/c17-12-3-1-2-11(8-12)16-14(10-4-6-20-7-5-10)15(19)13(9-18)21-16/h1-8H,19H2. The first-order valence-electron chi connectivity index (χ1n) is 6.19. The Morgan fingerprint density at radius 2 is 1.90 bits per heavy atom. The summed E-state index contributed by atoms with van der Waals surface area (Å²) in [6, 6.07) is 12.0. The van der Waals surface area contributed by atoms with E-state index >= 15 is 0 Å². The van der Waals surface area contributed by atoms with Crippen molar-refractivity contribution in [3.8, 4) is 27.6 Å². The fraction of sp³-hybridized carbons (Fsp3) is 0. The molecule has 0 aliphatic heterocycles. The number of nitrogens with zero attached hydrogens (tertiary/aromatic N) is 2. The number of nitrogen functional groups attached to an aromatic ring is 1. The molecule has 3 rings (SSSR count). The number of anilines is 1. The fourth-order valence-corrected chi connectivity index (χ4v) is 3.20. The van der Waals surface area contributed by atoms with Gasteiger partial charge < -0.3 is 5.73 Å². The van der Waals surface area contributed by atoms with Crippen molar-refractivity contribution in [1.29, 1.82) is 5.26 Å². The number of hydrogen-bond acceptors (Lipinski definition) is 4. The maximum Gasteiger partial charge on any atom is 0.129 e. The molecule has 102 valence electrons. The summed E-state index contributed by atoms with van der Waals surface area (Å²) in [4.78, 5) is 5.20. The smallest absolute Gasteiger partial charge is 0.129 e. The summed E-state index contributed by atoms with van der Waals surface area (Å²) >= 11 is 1.27. The maximum atomic E-state index is 13.5. The molecule has 0 bridgehead atoms. The van der Waals surface area contributed by atoms with Gasteiger partial charge in [-0.3, -0.25) is 4.98 Å². The minimum absolute atomic E-state index is 0.321. The molecular formula is C16H10FN3S. The third-order valence-corrected chi connectivity index (χ3v) is 4.26. The van der Waals surface area contributed by atoms with Crippen molar-refractivity contribution in [3.05, 3.63) is 59.5 Å². The van der Waals surface area contributed by atoms with Crippen LogP contribution in [0.25, 0.3) is 21.6 Å². The Morgan fingerprint density at radius 3 is 2.57 bits per heavy atom. The van der Waals surface area contributed by atoms with Gasteiger partial charge in [-0.1, -0.05) is 12.1 Å². The average molecular weight is 295 g/mol. The van der Waals surface area contributed by atoms with Crippen LogP contribution in [-0.2, 0) is 0 Å². The van der Waals surface area contributed by atoms with E-state index in [-0.39, 0.29) is 5.82 Å². The molecule has 3 aromatic rings. The molecule has 0 fully saturated rings. The third kappa shape index (κ3) is 2.37. The Labute approximate surface area is 125 Å². The van der Waals surface area contributed by atoms with Crippen LogP contribution in [0.15, 0.2) is 48.8 Å². The van der Waals surface area contributed by atoms with Crippen molar-refractivity contribution in [1.82, 2.24) is 4.98 Å². The first-order valence-corrected chi connectivity index (χ1v) is 7.01. The lowest BCUT2D eigenvalue weighted by Crippen LogP contribution is -1.89. The zero-order chi connectivity index (χ0) is 14.8. The second-order valence-electron chi connectivity index (χ2n) is 4.41. The van der Waals surface area contributed by atoms with Gasteiger partial charge in [-0.25, -0.2) is 4.39 Å². The molecule has 1 aromatic carbocycles. The highest BCUT2D eigenvalue weighted by atomic mass is 32.1. The summed E-state index contributed by atoms with van der Waals surface area (Å²) in [6.45, 7) is 0. The lowest BCUT2D eigenvalue weighted by atomic mass is 10.0. The van der Waals surface area contributed by atoms with Gasteiger partial charge in [-0.05, 0) is 35.4 Å². The predicted molar refractivity (Wildman–Crippen MR) is 82.1 cm³/mol. The van der Waals surface area contributed by atoms with Crippen LogP contribution < -0.4 is 5.73 Å². The molecule has 0 amide bonds. The topological polar surface area (TPSA) is 62.7 Å². The highest BCUT2D eigenvalue weighted by molar-refractivity contribution is 7.17. The Kier molecular flexibility index (Phi) is 3.38. The van der Waals surface area contributed by atoms with Gasteiger partial charge in [0, 0.05) is 22.8 Å². The minimum atomic E-state index is -0.321. The van der Waals surface area contributed by atoms with Crippen LogP contribution in [0.1, 0.15) is 4.88 Å². The average Bonchev–Trinajstić information content (AvgIpc) is 2.85. The SMILES string of the molecule is N#Cc1sc(-c2cccc(F)c2)c(-c2ccncc2)c1N. The molecule has 0 atom stereocenters. The molecule has 5 heteroatoms. The number of pyridine rings is 1. The third-order valence-electron chi connectivity index (χ3n) is 3.10. The largest absolute Gasteiger partial charge is 0.396 e. The van der Waals surface area contributed by atoms with Gasteiger partial charge >= 0.3 is 0 Å². The summed E-state index contributed by atoms with van der Waals surface area (Å²) in [5.74, 6) is -0.321. The van der Waals surface area contributed by atoms with Crippen LogP contribution in [0.3, 0.4) is 0 Å². The molecule has 0 saturated heterocycles. The molecule has 0 aliphatic rings. The number of benzene rings is 1. The number of rotatable bonds is 2. The Balaban J connectivity index is 2.29. The van der Waals surface area contributed by atoms with Crippen LogP contribution in [0.4, 0.5) is 10.1 Å². The zero-order valence-corrected chi connectivity index (χ0v) is 11.7. The number of hydrogen-bond donors (Lipinski definition) is 1. The van der Waals surface area contributed by atoms with Crippen LogP contribution in [0.5, 0.6) is 0 Å². The molecule has 0 unspecified atom stereocenters. The number of aromatic nitrogens is 1. The van der Waals surface area contributed by atoms with E-state index in [2.05, 4.69) is 11.1 Å². The molecule has 0 saturated carbocycles. The molecule has 3 nitrogen and oxygen atoms in total. The van der Waals surface area contributed by atoms with E-state index in [1.54, 1.807) is 24.5 Å². The quantitative estimate of drug-likeness (QED) is 0.775. The minimum Gasteiger partial charge on any atom is -0.396 e. The summed E-state index contributed by atoms with van der Waals surface area (Å²) in [7, 11) is 0. The molecule has 2 heterocycles. The van der Waals surface area contributed by atoms with Crippen LogP contribution in [-0.4, -0.2) is 4.98 Å². The van der Waals surface area contributed by atoms with Crippen molar-refractivity contribution in [2.24, 2.45) is 0 Å². The van der Waals surface area contributed by atoms with E-state index < -0.39 is 0 Å². The van der Waals surface area contributed by atoms with E-state index in [9.17, 15) is 9.65 Å². The molecule has 0 spiro atoms. The summed E-state index contributed by atoms with van der Waals surface area (Å²) in [5, 5.41) is 9.20. The monoisotopic (exact) mass is 295 g/mol. The molecule has 2 aromatic heterocycles. The van der Waals surface area contributed by atoms with Gasteiger partial charge in [0.1, 0.15) is 16.8 Å². The zero-order valence-electron chi connectivity index (χ0n) is 10.9. The van der Waals surface area contributed by atoms with Crippen molar-refractivity contribution < 1.29 is 4.39 Å². The van der Waals surface area contributed by atoms with Crippen LogP contribution >= 0.6 is 11.3 Å². The van der Waals surface area contributed by atoms with E-state index in [4.69, 9.17) is 5.73 Å². The van der Waals surface area contributed by atoms with Gasteiger partial charge in [0.05, 0.1) is 5.69 Å². The van der Waals surface area contributed by atoms with Gasteiger partial charge in [0.25, 0.3) is 0 Å². The van der Waals surface area contributed by atoms with E-state index in [1.165, 1.54) is 23.5 Å². The van der Waals surface area contributed by atoms with Gasteiger partial charge in [-0.2, -0.15) is 5.26 Å². The molecule has 21 heavy (non-hydrogen) atoms. The Bertz CT molecular complexity index is 834. The Hall–Kier alpha value is -2.71. The first kappa shape index (κ1) is 13.3. The molecule has 0 radical (unpaired) electrons. The number of thiophene rings is 1. The van der Waals surface area contributed by atoms with Crippen LogP contribution in [0, 0.1) is 17.1 Å². The van der Waals surface area contributed by atoms with Crippen molar-refractivity contribution in [2.75, 3.05) is 5.73 Å². The van der Waals surface area contributed by atoms with Gasteiger partial charge in [0.2, 0.25) is 0 Å². The van der Waals surface area contributed by atoms with E-state index in [0.717, 1.165) is 16.0 Å². The van der Waals surface area contributed by atoms with Gasteiger partial charge in [0.15, 0.2) is 0 Å². The van der Waals surface area contributed by atoms with Gasteiger partial charge in [-0.15, -0.1) is 11.3 Å². The van der Waals surface area contributed by atoms with E-state index in [1.807, 2.05) is 12.1 Å². The highest BCUT2D eigenvalue weighted by Crippen LogP contribution is 2.44. The predicted octanol–water partition coefficient (Wildman–Crippen LogP) is 4.07.